The molecule has 3 rings (SSSR count). The molecular formula is C18H17ClFN3O4S. The predicted molar refractivity (Wildman–Crippen MR) is 106 cm³/mol. The number of halogens is 2. The van der Waals surface area contributed by atoms with Crippen molar-refractivity contribution in [3.63, 3.8) is 0 Å². The molecule has 0 unspecified atom stereocenters. The summed E-state index contributed by atoms with van der Waals surface area (Å²) in [6, 6.07) is 7.94. The fourth-order valence-electron chi connectivity index (χ4n) is 3.12. The molecule has 28 heavy (non-hydrogen) atoms. The van der Waals surface area contributed by atoms with Gasteiger partial charge < -0.3 is 9.55 Å². The fraction of sp³-hybridized carbons (Fsp3) is 0.222. The minimum absolute atomic E-state index is 0.0483. The van der Waals surface area contributed by atoms with Crippen LogP contribution in [0.4, 0.5) is 4.39 Å². The highest BCUT2D eigenvalue weighted by molar-refractivity contribution is 7.89. The number of sulfonamides is 1. The van der Waals surface area contributed by atoms with Crippen LogP contribution in [0.25, 0.3) is 22.0 Å². The van der Waals surface area contributed by atoms with Gasteiger partial charge in [-0.2, -0.15) is 0 Å². The highest BCUT2D eigenvalue weighted by atomic mass is 35.5. The molecule has 0 aliphatic rings. The molecule has 1 aromatic carbocycles. The van der Waals surface area contributed by atoms with Gasteiger partial charge in [0.05, 0.1) is 12.9 Å². The van der Waals surface area contributed by atoms with Crippen molar-refractivity contribution in [3.05, 3.63) is 57.6 Å². The normalized spacial score (nSPS) is 11.7. The van der Waals surface area contributed by atoms with Crippen LogP contribution in [0.1, 0.15) is 16.9 Å². The first-order valence-electron chi connectivity index (χ1n) is 8.31. The number of alkyl halides is 1. The molecule has 0 saturated heterocycles. The number of H-pyrrole nitrogens is 1. The minimum atomic E-state index is -3.86. The molecule has 0 aliphatic heterocycles. The van der Waals surface area contributed by atoms with Crippen molar-refractivity contribution in [1.29, 1.82) is 0 Å². The van der Waals surface area contributed by atoms with Gasteiger partial charge in [0.25, 0.3) is 11.5 Å². The smallest absolute Gasteiger partial charge is 0.282 e. The zero-order chi connectivity index (χ0) is 20.5. The number of fused-ring (bicyclic) bond motifs is 1. The minimum Gasteiger partial charge on any atom is -0.336 e. The highest BCUT2D eigenvalue weighted by Crippen LogP contribution is 2.35. The first-order valence-corrected chi connectivity index (χ1v) is 10.6. The maximum Gasteiger partial charge on any atom is 0.282 e. The van der Waals surface area contributed by atoms with E-state index in [1.165, 1.54) is 16.8 Å². The van der Waals surface area contributed by atoms with E-state index in [2.05, 4.69) is 4.98 Å². The third-order valence-electron chi connectivity index (χ3n) is 4.12. The summed E-state index contributed by atoms with van der Waals surface area (Å²) in [4.78, 5) is 27.8. The van der Waals surface area contributed by atoms with Crippen LogP contribution in [-0.4, -0.2) is 36.8 Å². The second-order valence-electron chi connectivity index (χ2n) is 6.20. The van der Waals surface area contributed by atoms with E-state index in [1.807, 2.05) is 4.72 Å². The largest absolute Gasteiger partial charge is 0.336 e. The van der Waals surface area contributed by atoms with Crippen LogP contribution < -0.4 is 10.3 Å². The number of amides is 1. The first kappa shape index (κ1) is 20.1. The van der Waals surface area contributed by atoms with Gasteiger partial charge in [-0.05, 0) is 36.8 Å². The van der Waals surface area contributed by atoms with E-state index in [0.717, 1.165) is 6.26 Å². The average molecular weight is 426 g/mol. The number of carbonyl (C=O) groups excluding carboxylic acids is 1. The van der Waals surface area contributed by atoms with E-state index < -0.39 is 28.2 Å². The lowest BCUT2D eigenvalue weighted by atomic mass is 10.0. The SMILES string of the molecule is CS(=O)(=O)NC(=O)c1c(-c2ccc[nH]c2=O)c2cc(Cl)ccc2n1CCCF. The van der Waals surface area contributed by atoms with Crippen LogP contribution in [-0.2, 0) is 16.6 Å². The van der Waals surface area contributed by atoms with Crippen molar-refractivity contribution in [1.82, 2.24) is 14.3 Å². The molecule has 0 radical (unpaired) electrons. The molecule has 3 aromatic rings. The summed E-state index contributed by atoms with van der Waals surface area (Å²) in [6.45, 7) is -0.506. The molecule has 2 aromatic heterocycles. The number of benzene rings is 1. The van der Waals surface area contributed by atoms with Crippen molar-refractivity contribution in [3.8, 4) is 11.1 Å². The molecule has 0 saturated carbocycles. The van der Waals surface area contributed by atoms with Crippen molar-refractivity contribution in [2.24, 2.45) is 0 Å². The van der Waals surface area contributed by atoms with Gasteiger partial charge in [0, 0.05) is 39.8 Å². The number of aryl methyl sites for hydroxylation is 1. The maximum absolute atomic E-state index is 12.9. The molecule has 0 bridgehead atoms. The first-order chi connectivity index (χ1) is 13.2. The predicted octanol–water partition coefficient (Wildman–Crippen LogP) is 2.70. The Bertz CT molecular complexity index is 1220. The molecule has 0 atom stereocenters. The Morgan fingerprint density at radius 2 is 2.07 bits per heavy atom. The van der Waals surface area contributed by atoms with Gasteiger partial charge >= 0.3 is 0 Å². The maximum atomic E-state index is 12.9. The summed E-state index contributed by atoms with van der Waals surface area (Å²) in [5.74, 6) is -0.910. The number of aromatic amines is 1. The highest BCUT2D eigenvalue weighted by Gasteiger charge is 2.27. The molecule has 2 N–H and O–H groups in total. The fourth-order valence-corrected chi connectivity index (χ4v) is 3.73. The average Bonchev–Trinajstić information content (AvgIpc) is 2.92. The van der Waals surface area contributed by atoms with Crippen molar-refractivity contribution >= 4 is 38.4 Å². The molecule has 1 amide bonds. The zero-order valence-corrected chi connectivity index (χ0v) is 16.4. The summed E-state index contributed by atoms with van der Waals surface area (Å²) < 4.78 is 39.6. The lowest BCUT2D eigenvalue weighted by Gasteiger charge is -2.11. The van der Waals surface area contributed by atoms with E-state index >= 15 is 0 Å². The second-order valence-corrected chi connectivity index (χ2v) is 8.38. The monoisotopic (exact) mass is 425 g/mol. The van der Waals surface area contributed by atoms with Crippen LogP contribution in [0.2, 0.25) is 5.02 Å². The van der Waals surface area contributed by atoms with Gasteiger partial charge in [-0.3, -0.25) is 14.0 Å². The third-order valence-corrected chi connectivity index (χ3v) is 4.91. The molecule has 7 nitrogen and oxygen atoms in total. The van der Waals surface area contributed by atoms with E-state index in [9.17, 15) is 22.4 Å². The lowest BCUT2D eigenvalue weighted by molar-refractivity contribution is 0.0973. The molecule has 148 valence electrons. The molecular weight excluding hydrogens is 409 g/mol. The standard InChI is InChI=1S/C18H17ClFN3O4S/c1-28(26,27)22-18(25)16-15(12-4-2-8-21-17(12)24)13-10-11(19)5-6-14(13)23(16)9-3-7-20/h2,4-6,8,10H,3,7,9H2,1H3,(H,21,24)(H,22,25). The Morgan fingerprint density at radius 3 is 2.71 bits per heavy atom. The summed E-state index contributed by atoms with van der Waals surface area (Å²) in [6.07, 6.45) is 2.40. The number of hydrogen-bond acceptors (Lipinski definition) is 4. The molecule has 0 fully saturated rings. The Hall–Kier alpha value is -2.65. The van der Waals surface area contributed by atoms with Crippen LogP contribution in [0.15, 0.2) is 41.3 Å². The molecule has 10 heteroatoms. The van der Waals surface area contributed by atoms with E-state index in [0.29, 0.717) is 15.9 Å². The summed E-state index contributed by atoms with van der Waals surface area (Å²) in [7, 11) is -3.86. The topological polar surface area (TPSA) is 101 Å². The van der Waals surface area contributed by atoms with Crippen molar-refractivity contribution < 1.29 is 17.6 Å². The van der Waals surface area contributed by atoms with Crippen LogP contribution in [0.3, 0.4) is 0 Å². The lowest BCUT2D eigenvalue weighted by Crippen LogP contribution is -2.31. The van der Waals surface area contributed by atoms with E-state index in [4.69, 9.17) is 11.6 Å². The van der Waals surface area contributed by atoms with Crippen molar-refractivity contribution in [2.75, 3.05) is 12.9 Å². The van der Waals surface area contributed by atoms with Crippen LogP contribution in [0.5, 0.6) is 0 Å². The number of rotatable bonds is 6. The Kier molecular flexibility index (Phi) is 5.57. The van der Waals surface area contributed by atoms with E-state index in [1.54, 1.807) is 24.3 Å². The van der Waals surface area contributed by atoms with E-state index in [-0.39, 0.29) is 29.8 Å². The van der Waals surface area contributed by atoms with Gasteiger partial charge in [0.2, 0.25) is 10.0 Å². The Balaban J connectivity index is 2.42. The summed E-state index contributed by atoms with van der Waals surface area (Å²) >= 11 is 6.12. The molecule has 0 spiro atoms. The molecule has 0 aliphatic carbocycles. The number of aromatic nitrogens is 2. The quantitative estimate of drug-likeness (QED) is 0.634. The van der Waals surface area contributed by atoms with Crippen LogP contribution in [0, 0.1) is 0 Å². The number of nitrogens with zero attached hydrogens (tertiary/aromatic N) is 1. The van der Waals surface area contributed by atoms with Crippen LogP contribution >= 0.6 is 11.6 Å². The zero-order valence-electron chi connectivity index (χ0n) is 14.8. The number of hydrogen-bond donors (Lipinski definition) is 2. The summed E-state index contributed by atoms with van der Waals surface area (Å²) in [5.41, 5.74) is 0.440. The number of nitrogens with one attached hydrogen (secondary N) is 2. The Morgan fingerprint density at radius 1 is 1.32 bits per heavy atom. The van der Waals surface area contributed by atoms with Gasteiger partial charge in [0.15, 0.2) is 0 Å². The van der Waals surface area contributed by atoms with Crippen molar-refractivity contribution in [2.45, 2.75) is 13.0 Å². The third kappa shape index (κ3) is 3.95. The Labute approximate surface area is 165 Å². The van der Waals surface area contributed by atoms with Gasteiger partial charge in [-0.1, -0.05) is 11.6 Å². The second kappa shape index (κ2) is 7.76. The molecule has 2 heterocycles. The van der Waals surface area contributed by atoms with Gasteiger partial charge in [0.1, 0.15) is 5.69 Å². The van der Waals surface area contributed by atoms with Gasteiger partial charge in [-0.15, -0.1) is 0 Å². The summed E-state index contributed by atoms with van der Waals surface area (Å²) in [5, 5.41) is 0.862. The number of carbonyl (C=O) groups is 1. The number of pyridine rings is 1. The van der Waals surface area contributed by atoms with Gasteiger partial charge in [-0.25, -0.2) is 13.1 Å².